The van der Waals surface area contributed by atoms with Crippen LogP contribution in [-0.4, -0.2) is 64.2 Å². The molecular weight excluding hydrogens is 661 g/mol. The van der Waals surface area contributed by atoms with Gasteiger partial charge in [-0.2, -0.15) is 30.0 Å². The van der Waals surface area contributed by atoms with E-state index in [1.807, 2.05) is 43.3 Å². The van der Waals surface area contributed by atoms with Gasteiger partial charge in [0.25, 0.3) is 10.1 Å². The maximum atomic E-state index is 11.6. The molecule has 2 N–H and O–H groups in total. The first kappa shape index (κ1) is 40.2. The summed E-state index contributed by atoms with van der Waals surface area (Å²) in [4.78, 5) is 32.2. The van der Waals surface area contributed by atoms with Crippen molar-refractivity contribution < 1.29 is 68.0 Å². The maximum absolute atomic E-state index is 11.6. The van der Waals surface area contributed by atoms with Crippen molar-refractivity contribution in [1.29, 1.82) is 0 Å². The molecule has 0 fully saturated rings. The van der Waals surface area contributed by atoms with Crippen LogP contribution < -0.4 is 0 Å². The van der Waals surface area contributed by atoms with Crippen molar-refractivity contribution in [3.63, 3.8) is 0 Å². The molecule has 0 heterocycles. The minimum atomic E-state index is -5.84. The predicted molar refractivity (Wildman–Crippen MR) is 158 cm³/mol. The van der Waals surface area contributed by atoms with Crippen molar-refractivity contribution in [3.05, 3.63) is 101 Å². The van der Waals surface area contributed by atoms with Crippen LogP contribution in [0.1, 0.15) is 57.2 Å². The lowest BCUT2D eigenvalue weighted by atomic mass is 10.0. The van der Waals surface area contributed by atoms with E-state index in [9.17, 15) is 31.2 Å². The van der Waals surface area contributed by atoms with Gasteiger partial charge in [-0.05, 0) is 53.8 Å². The van der Waals surface area contributed by atoms with Crippen molar-refractivity contribution in [2.75, 3.05) is 20.8 Å². The van der Waals surface area contributed by atoms with Crippen LogP contribution in [0.25, 0.3) is 0 Å². The van der Waals surface area contributed by atoms with Crippen molar-refractivity contribution in [1.82, 2.24) is 0 Å². The highest BCUT2D eigenvalue weighted by Gasteiger charge is 2.44. The number of halogens is 3. The van der Waals surface area contributed by atoms with E-state index < -0.39 is 36.6 Å². The number of hydrogen-bond acceptors (Lipinski definition) is 10. The minimum Gasteiger partial charge on any atom is -0.465 e. The summed E-state index contributed by atoms with van der Waals surface area (Å²) >= 11 is 0. The second kappa shape index (κ2) is 18.9. The third-order valence-corrected chi connectivity index (χ3v) is 7.00. The lowest BCUT2D eigenvalue weighted by Crippen LogP contribution is -2.21. The molecule has 0 aliphatic rings. The first-order valence-electron chi connectivity index (χ1n) is 13.1. The van der Waals surface area contributed by atoms with Gasteiger partial charge >= 0.3 is 27.6 Å². The Kier molecular flexibility index (Phi) is 16.5. The van der Waals surface area contributed by atoms with Crippen LogP contribution in [0.5, 0.6) is 0 Å². The molecule has 0 radical (unpaired) electrons. The highest BCUT2D eigenvalue weighted by Crippen LogP contribution is 2.20. The van der Waals surface area contributed by atoms with Gasteiger partial charge in [0.15, 0.2) is 0 Å². The molecule has 0 saturated heterocycles. The summed E-state index contributed by atoms with van der Waals surface area (Å²) in [6.07, 6.45) is 2.32. The summed E-state index contributed by atoms with van der Waals surface area (Å²) in [5.74, 6) is -1.06. The van der Waals surface area contributed by atoms with Crippen molar-refractivity contribution in [2.24, 2.45) is 0 Å². The van der Waals surface area contributed by atoms with Crippen LogP contribution >= 0.6 is 0 Å². The number of esters is 2. The van der Waals surface area contributed by atoms with Gasteiger partial charge in [0.2, 0.25) is 0 Å². The number of benzene rings is 3. The van der Waals surface area contributed by atoms with E-state index in [1.54, 1.807) is 6.07 Å². The molecule has 46 heavy (non-hydrogen) atoms. The van der Waals surface area contributed by atoms with Crippen LogP contribution in [0, 0.1) is 0 Å². The van der Waals surface area contributed by atoms with Crippen LogP contribution in [0.3, 0.4) is 0 Å². The quantitative estimate of drug-likeness (QED) is 0.0650. The Balaban J connectivity index is 0.000000380. The number of carbonyl (C=O) groups is 2. The number of ether oxygens (including phenoxy) is 2. The van der Waals surface area contributed by atoms with Gasteiger partial charge in [0, 0.05) is 0 Å². The topological polar surface area (TPSA) is 180 Å². The summed E-state index contributed by atoms with van der Waals surface area (Å²) in [7, 11) is -7.38. The van der Waals surface area contributed by atoms with Crippen LogP contribution in [0.4, 0.5) is 13.2 Å². The van der Waals surface area contributed by atoms with E-state index in [2.05, 4.69) is 11.0 Å². The molecule has 254 valence electrons. The van der Waals surface area contributed by atoms with Crippen LogP contribution in [0.2, 0.25) is 0 Å². The Hall–Kier alpha value is -3.87. The Morgan fingerprint density at radius 2 is 1.37 bits per heavy atom. The summed E-state index contributed by atoms with van der Waals surface area (Å²) in [5, 5.41) is 0. The van der Waals surface area contributed by atoms with Gasteiger partial charge in [-0.1, -0.05) is 61.9 Å². The second-order valence-electron chi connectivity index (χ2n) is 9.00. The number of rotatable bonds is 11. The highest BCUT2D eigenvalue weighted by atomic mass is 32.2. The molecule has 0 aliphatic heterocycles. The Bertz CT molecular complexity index is 1640. The lowest BCUT2D eigenvalue weighted by Gasteiger charge is -2.07. The smallest absolute Gasteiger partial charge is 0.465 e. The number of hydrogen-bond donors (Lipinski definition) is 2. The molecule has 17 heteroatoms. The zero-order valence-corrected chi connectivity index (χ0v) is 26.5. The summed E-state index contributed by atoms with van der Waals surface area (Å²) in [5.41, 5.74) is -1.87. The molecule has 3 aromatic rings. The Labute approximate surface area is 264 Å². The zero-order valence-electron chi connectivity index (χ0n) is 24.9. The monoisotopic (exact) mass is 694 g/mol. The van der Waals surface area contributed by atoms with Crippen molar-refractivity contribution >= 4 is 32.2 Å². The largest absolute Gasteiger partial charge is 0.522 e. The minimum absolute atomic E-state index is 0.147. The summed E-state index contributed by atoms with van der Waals surface area (Å²) in [6.45, 7) is 2.58. The van der Waals surface area contributed by atoms with Gasteiger partial charge in [-0.25, -0.2) is 19.4 Å². The molecule has 0 bridgehead atoms. The fourth-order valence-electron chi connectivity index (χ4n) is 3.37. The maximum Gasteiger partial charge on any atom is 0.522 e. The van der Waals surface area contributed by atoms with Crippen molar-refractivity contribution in [2.45, 2.75) is 43.2 Å². The number of unbranched alkanes of at least 4 members (excludes halogenated alkanes) is 1. The molecule has 0 atom stereocenters. The molecule has 0 spiro atoms. The molecular formula is C29H33F3O12S2. The number of alkyl halides is 3. The van der Waals surface area contributed by atoms with Gasteiger partial charge < -0.3 is 9.47 Å². The van der Waals surface area contributed by atoms with Crippen LogP contribution in [0.15, 0.2) is 77.7 Å². The molecule has 3 aromatic carbocycles. The van der Waals surface area contributed by atoms with E-state index in [0.29, 0.717) is 18.6 Å². The summed E-state index contributed by atoms with van der Waals surface area (Å²) in [6, 6.07) is 20.9. The SMILES string of the molecule is CCCCOC(=O)c1ccccc1S(=O)(=O)O.COOCc1cccc(Cc2cccc(C(=O)OC)c2)c1.O=S(=O)(O)C(F)(F)F. The van der Waals surface area contributed by atoms with E-state index in [-0.39, 0.29) is 18.1 Å². The van der Waals surface area contributed by atoms with Crippen molar-refractivity contribution in [3.8, 4) is 0 Å². The highest BCUT2D eigenvalue weighted by molar-refractivity contribution is 7.86. The van der Waals surface area contributed by atoms with E-state index in [1.165, 1.54) is 32.4 Å². The molecule has 0 saturated carbocycles. The summed E-state index contributed by atoms with van der Waals surface area (Å²) < 4.78 is 98.2. The fraction of sp³-hybridized carbons (Fsp3) is 0.310. The van der Waals surface area contributed by atoms with E-state index >= 15 is 0 Å². The molecule has 0 unspecified atom stereocenters. The standard InChI is InChI=1S/C17H18O4.C11H14O5S.CHF3O3S/c1-19-17(18)16-8-4-6-14(11-16)9-13-5-3-7-15(10-13)12-21-20-2;1-2-3-8-16-11(12)9-6-4-5-7-10(9)17(13,14)15;2-1(3,4)8(5,6)7/h3-8,10-11H,9,12H2,1-2H3;4-7H,2-3,8H2,1H3,(H,13,14,15);(H,5,6,7). The third kappa shape index (κ3) is 14.5. The first-order valence-corrected chi connectivity index (χ1v) is 16.0. The van der Waals surface area contributed by atoms with E-state index in [4.69, 9.17) is 31.9 Å². The average molecular weight is 695 g/mol. The van der Waals surface area contributed by atoms with E-state index in [0.717, 1.165) is 35.6 Å². The lowest BCUT2D eigenvalue weighted by molar-refractivity contribution is -0.282. The average Bonchev–Trinajstić information content (AvgIpc) is 2.99. The Morgan fingerprint density at radius 3 is 1.91 bits per heavy atom. The van der Waals surface area contributed by atoms with Gasteiger partial charge in [-0.3, -0.25) is 9.11 Å². The predicted octanol–water partition coefficient (Wildman–Crippen LogP) is 5.43. The molecule has 0 aliphatic carbocycles. The Morgan fingerprint density at radius 1 is 0.804 bits per heavy atom. The number of carbonyl (C=O) groups excluding carboxylic acids is 2. The first-order chi connectivity index (χ1) is 21.4. The van der Waals surface area contributed by atoms with Gasteiger partial charge in [0.05, 0.1) is 32.0 Å². The van der Waals surface area contributed by atoms with Gasteiger partial charge in [0.1, 0.15) is 11.5 Å². The molecule has 0 amide bonds. The zero-order chi connectivity index (χ0) is 35.0. The number of methoxy groups -OCH3 is 1. The molecule has 0 aromatic heterocycles. The second-order valence-corrected chi connectivity index (χ2v) is 11.8. The third-order valence-electron chi connectivity index (χ3n) is 5.50. The molecule has 3 rings (SSSR count). The van der Waals surface area contributed by atoms with Crippen LogP contribution in [-0.2, 0) is 52.5 Å². The normalized spacial score (nSPS) is 11.3. The van der Waals surface area contributed by atoms with Gasteiger partial charge in [-0.15, -0.1) is 0 Å². The fourth-order valence-corrected chi connectivity index (χ4v) is 4.05. The molecule has 12 nitrogen and oxygen atoms in total.